The van der Waals surface area contributed by atoms with Crippen molar-refractivity contribution in [3.05, 3.63) is 55.9 Å². The quantitative estimate of drug-likeness (QED) is 0.591. The van der Waals surface area contributed by atoms with Gasteiger partial charge in [-0.05, 0) is 41.5 Å². The summed E-state index contributed by atoms with van der Waals surface area (Å²) in [4.78, 5) is 0. The highest BCUT2D eigenvalue weighted by Gasteiger charge is 2.00. The van der Waals surface area contributed by atoms with Gasteiger partial charge in [-0.15, -0.1) is 0 Å². The van der Waals surface area contributed by atoms with Crippen LogP contribution < -0.4 is 0 Å². The molecule has 0 heterocycles. The molecule has 0 saturated carbocycles. The average Bonchev–Trinajstić information content (AvgIpc) is 2.17. The maximum absolute atomic E-state index is 3.49. The third kappa shape index (κ3) is 2.92. The molecule has 76 valence electrons. The molecule has 0 unspecified atom stereocenters. The van der Waals surface area contributed by atoms with E-state index in [9.17, 15) is 0 Å². The third-order valence-electron chi connectivity index (χ3n) is 2.04. The molecule has 2 aromatic carbocycles. The van der Waals surface area contributed by atoms with Gasteiger partial charge in [0.05, 0.1) is 0 Å². The van der Waals surface area contributed by atoms with E-state index in [0.29, 0.717) is 0 Å². The second kappa shape index (κ2) is 4.81. The molecule has 0 saturated heterocycles. The van der Waals surface area contributed by atoms with Crippen LogP contribution >= 0.6 is 47.8 Å². The Morgan fingerprint density at radius 1 is 0.533 bits per heavy atom. The molecule has 0 amide bonds. The first kappa shape index (κ1) is 11.4. The van der Waals surface area contributed by atoms with E-state index in [4.69, 9.17) is 0 Å². The topological polar surface area (TPSA) is 0 Å². The van der Waals surface area contributed by atoms with Crippen molar-refractivity contribution >= 4 is 47.8 Å². The maximum Gasteiger partial charge on any atom is 0.0192 e. The summed E-state index contributed by atoms with van der Waals surface area (Å²) in [6, 6.07) is 14.5. The van der Waals surface area contributed by atoms with Gasteiger partial charge in [-0.2, -0.15) is 0 Å². The van der Waals surface area contributed by atoms with Crippen LogP contribution in [0.2, 0.25) is 0 Å². The Morgan fingerprint density at radius 2 is 1.07 bits per heavy atom. The number of benzene rings is 2. The molecular weight excluding hydrogens is 384 g/mol. The van der Waals surface area contributed by atoms with Crippen LogP contribution in [0, 0.1) is 0 Å². The number of rotatable bonds is 1. The fourth-order valence-electron chi connectivity index (χ4n) is 1.36. The maximum atomic E-state index is 3.49. The molecular formula is C12H7Br3. The van der Waals surface area contributed by atoms with Gasteiger partial charge in [0.25, 0.3) is 0 Å². The highest BCUT2D eigenvalue weighted by molar-refractivity contribution is 9.11. The summed E-state index contributed by atoms with van der Waals surface area (Å²) in [6.45, 7) is 0. The van der Waals surface area contributed by atoms with E-state index < -0.39 is 0 Å². The van der Waals surface area contributed by atoms with Gasteiger partial charge in [-0.1, -0.05) is 59.9 Å². The van der Waals surface area contributed by atoms with Crippen LogP contribution in [0.3, 0.4) is 0 Å². The Labute approximate surface area is 114 Å². The second-order valence-corrected chi connectivity index (χ2v) is 5.91. The number of halogens is 3. The standard InChI is InChI=1S/C12H7Br3/c13-10-3-1-8(2-4-10)9-5-11(14)7-12(15)6-9/h1-7H. The summed E-state index contributed by atoms with van der Waals surface area (Å²) in [5, 5.41) is 0. The zero-order chi connectivity index (χ0) is 10.8. The van der Waals surface area contributed by atoms with Crippen molar-refractivity contribution in [1.82, 2.24) is 0 Å². The normalized spacial score (nSPS) is 10.3. The minimum absolute atomic E-state index is 1.08. The highest BCUT2D eigenvalue weighted by Crippen LogP contribution is 2.28. The summed E-state index contributed by atoms with van der Waals surface area (Å²) in [6.07, 6.45) is 0. The Bertz CT molecular complexity index is 454. The molecule has 0 spiro atoms. The van der Waals surface area contributed by atoms with Gasteiger partial charge in [0, 0.05) is 13.4 Å². The largest absolute Gasteiger partial charge is 0.0533 e. The summed E-state index contributed by atoms with van der Waals surface area (Å²) in [5.74, 6) is 0. The average molecular weight is 391 g/mol. The minimum Gasteiger partial charge on any atom is -0.0533 e. The van der Waals surface area contributed by atoms with E-state index >= 15 is 0 Å². The highest BCUT2D eigenvalue weighted by atomic mass is 79.9. The van der Waals surface area contributed by atoms with Gasteiger partial charge in [0.1, 0.15) is 0 Å². The monoisotopic (exact) mass is 388 g/mol. The van der Waals surface area contributed by atoms with Crippen LogP contribution in [-0.2, 0) is 0 Å². The molecule has 2 aromatic rings. The van der Waals surface area contributed by atoms with Crippen LogP contribution in [0.25, 0.3) is 11.1 Å². The molecule has 0 atom stereocenters. The molecule has 0 N–H and O–H groups in total. The first-order valence-corrected chi connectivity index (χ1v) is 6.75. The summed E-state index contributed by atoms with van der Waals surface area (Å²) in [7, 11) is 0. The smallest absolute Gasteiger partial charge is 0.0192 e. The zero-order valence-corrected chi connectivity index (χ0v) is 12.4. The van der Waals surface area contributed by atoms with E-state index in [1.807, 2.05) is 18.2 Å². The lowest BCUT2D eigenvalue weighted by atomic mass is 10.1. The molecule has 0 radical (unpaired) electrons. The van der Waals surface area contributed by atoms with Crippen molar-refractivity contribution in [2.75, 3.05) is 0 Å². The molecule has 3 heteroatoms. The van der Waals surface area contributed by atoms with Crippen LogP contribution in [-0.4, -0.2) is 0 Å². The predicted octanol–water partition coefficient (Wildman–Crippen LogP) is 5.64. The van der Waals surface area contributed by atoms with Crippen molar-refractivity contribution in [3.8, 4) is 11.1 Å². The Hall–Kier alpha value is -0.120. The van der Waals surface area contributed by atoms with E-state index in [-0.39, 0.29) is 0 Å². The Balaban J connectivity index is 2.49. The van der Waals surface area contributed by atoms with Gasteiger partial charge in [-0.25, -0.2) is 0 Å². The van der Waals surface area contributed by atoms with Crippen molar-refractivity contribution in [2.24, 2.45) is 0 Å². The molecule has 0 fully saturated rings. The van der Waals surface area contributed by atoms with Crippen molar-refractivity contribution in [3.63, 3.8) is 0 Å². The first-order valence-electron chi connectivity index (χ1n) is 4.37. The van der Waals surface area contributed by atoms with Crippen LogP contribution in [0.5, 0.6) is 0 Å². The van der Waals surface area contributed by atoms with Gasteiger partial charge < -0.3 is 0 Å². The molecule has 0 bridgehead atoms. The van der Waals surface area contributed by atoms with Crippen molar-refractivity contribution < 1.29 is 0 Å². The van der Waals surface area contributed by atoms with E-state index in [0.717, 1.165) is 13.4 Å². The van der Waals surface area contributed by atoms with Gasteiger partial charge >= 0.3 is 0 Å². The minimum atomic E-state index is 1.08. The summed E-state index contributed by atoms with van der Waals surface area (Å²) < 4.78 is 3.25. The lowest BCUT2D eigenvalue weighted by Gasteiger charge is -2.03. The first-order chi connectivity index (χ1) is 7.15. The van der Waals surface area contributed by atoms with E-state index in [2.05, 4.69) is 72.1 Å². The van der Waals surface area contributed by atoms with Crippen LogP contribution in [0.4, 0.5) is 0 Å². The van der Waals surface area contributed by atoms with Crippen LogP contribution in [0.15, 0.2) is 55.9 Å². The zero-order valence-electron chi connectivity index (χ0n) is 7.68. The fourth-order valence-corrected chi connectivity index (χ4v) is 2.92. The Kier molecular flexibility index (Phi) is 3.65. The predicted molar refractivity (Wildman–Crippen MR) is 75.0 cm³/mol. The van der Waals surface area contributed by atoms with Gasteiger partial charge in [-0.3, -0.25) is 0 Å². The van der Waals surface area contributed by atoms with Crippen molar-refractivity contribution in [2.45, 2.75) is 0 Å². The summed E-state index contributed by atoms with van der Waals surface area (Å²) in [5.41, 5.74) is 2.41. The molecule has 0 aliphatic carbocycles. The summed E-state index contributed by atoms with van der Waals surface area (Å²) >= 11 is 10.4. The third-order valence-corrected chi connectivity index (χ3v) is 3.48. The van der Waals surface area contributed by atoms with E-state index in [1.54, 1.807) is 0 Å². The Morgan fingerprint density at radius 3 is 1.60 bits per heavy atom. The molecule has 0 nitrogen and oxygen atoms in total. The molecule has 0 aliphatic rings. The van der Waals surface area contributed by atoms with Gasteiger partial charge in [0.2, 0.25) is 0 Å². The molecule has 15 heavy (non-hydrogen) atoms. The SMILES string of the molecule is Brc1ccc(-c2cc(Br)cc(Br)c2)cc1. The number of hydrogen-bond donors (Lipinski definition) is 0. The van der Waals surface area contributed by atoms with Gasteiger partial charge in [0.15, 0.2) is 0 Å². The molecule has 0 aliphatic heterocycles. The van der Waals surface area contributed by atoms with Crippen LogP contribution in [0.1, 0.15) is 0 Å². The molecule has 0 aromatic heterocycles. The lowest BCUT2D eigenvalue weighted by molar-refractivity contribution is 1.55. The van der Waals surface area contributed by atoms with Crippen molar-refractivity contribution in [1.29, 1.82) is 0 Å². The second-order valence-electron chi connectivity index (χ2n) is 3.17. The fraction of sp³-hybridized carbons (Fsp3) is 0. The number of hydrogen-bond acceptors (Lipinski definition) is 0. The van der Waals surface area contributed by atoms with E-state index in [1.165, 1.54) is 11.1 Å². The lowest BCUT2D eigenvalue weighted by Crippen LogP contribution is -1.78. The molecule has 2 rings (SSSR count).